The molecule has 3 rings (SSSR count). The van der Waals surface area contributed by atoms with Crippen LogP contribution < -0.4 is 10.2 Å². The van der Waals surface area contributed by atoms with Crippen LogP contribution >= 0.6 is 0 Å². The Hall–Kier alpha value is -3.46. The van der Waals surface area contributed by atoms with E-state index in [1.54, 1.807) is 11.5 Å². The molecular formula is C19H19N3O6. The summed E-state index contributed by atoms with van der Waals surface area (Å²) in [5.41, 5.74) is 4.16. The van der Waals surface area contributed by atoms with Gasteiger partial charge in [-0.05, 0) is 49.6 Å². The zero-order valence-electron chi connectivity index (χ0n) is 15.2. The summed E-state index contributed by atoms with van der Waals surface area (Å²) in [6, 6.07) is 10.1. The molecule has 9 heteroatoms. The first-order valence-electron chi connectivity index (χ1n) is 8.69. The van der Waals surface area contributed by atoms with Gasteiger partial charge in [-0.2, -0.15) is 0 Å². The molecule has 2 aromatic carbocycles. The molecule has 9 nitrogen and oxygen atoms in total. The molecule has 0 aliphatic rings. The molecule has 0 fully saturated rings. The lowest BCUT2D eigenvalue weighted by molar-refractivity contribution is -0.385. The van der Waals surface area contributed by atoms with E-state index in [0.717, 1.165) is 5.56 Å². The van der Waals surface area contributed by atoms with E-state index < -0.39 is 10.8 Å². The number of nitrogens with one attached hydrogen (secondary N) is 1. The highest BCUT2D eigenvalue weighted by Crippen LogP contribution is 2.33. The summed E-state index contributed by atoms with van der Waals surface area (Å²) in [5.74, 6) is -0.0542. The van der Waals surface area contributed by atoms with Crippen LogP contribution in [-0.4, -0.2) is 27.6 Å². The largest absolute Gasteiger partial charge is 0.487 e. The number of fused-ring (bicyclic) bond motifs is 1. The van der Waals surface area contributed by atoms with Crippen LogP contribution in [0.25, 0.3) is 22.6 Å². The third-order valence-corrected chi connectivity index (χ3v) is 4.13. The number of aryl methyl sites for hydroxylation is 1. The molecule has 0 bridgehead atoms. The van der Waals surface area contributed by atoms with E-state index in [4.69, 9.17) is 14.4 Å². The van der Waals surface area contributed by atoms with Crippen LogP contribution in [0.2, 0.25) is 0 Å². The summed E-state index contributed by atoms with van der Waals surface area (Å²) in [6.07, 6.45) is 1.15. The van der Waals surface area contributed by atoms with Gasteiger partial charge in [-0.15, -0.1) is 0 Å². The number of unbranched alkanes of at least 4 members (excludes halogenated alkanes) is 1. The van der Waals surface area contributed by atoms with Crippen molar-refractivity contribution in [3.8, 4) is 17.2 Å². The van der Waals surface area contributed by atoms with E-state index in [1.807, 2.05) is 25.1 Å². The van der Waals surface area contributed by atoms with Gasteiger partial charge in [0.15, 0.2) is 11.3 Å². The van der Waals surface area contributed by atoms with Gasteiger partial charge in [-0.3, -0.25) is 20.1 Å². The lowest BCUT2D eigenvalue weighted by atomic mass is 10.2. The smallest absolute Gasteiger partial charge is 0.311 e. The standard InChI is InChI=1S/C19H19N3O6/c1-12-5-7-14-17(10-12)28-19(20-14)13-6-8-16(15(11-13)22(25)26)27-9-3-2-4-18(23)21-24/h5-8,10-11,24H,2-4,9H2,1H3,(H,21,23). The lowest BCUT2D eigenvalue weighted by Crippen LogP contribution is -2.18. The number of nitro benzene ring substituents is 1. The Labute approximate surface area is 160 Å². The number of hydrogen-bond acceptors (Lipinski definition) is 7. The Bertz CT molecular complexity index is 1010. The van der Waals surface area contributed by atoms with Crippen LogP contribution in [0.3, 0.4) is 0 Å². The number of aromatic nitrogens is 1. The van der Waals surface area contributed by atoms with E-state index in [-0.39, 0.29) is 24.5 Å². The van der Waals surface area contributed by atoms with E-state index in [1.165, 1.54) is 12.1 Å². The highest BCUT2D eigenvalue weighted by Gasteiger charge is 2.19. The number of nitrogens with zero attached hydrogens (tertiary/aromatic N) is 2. The Kier molecular flexibility index (Phi) is 5.85. The molecule has 0 atom stereocenters. The molecule has 0 aliphatic carbocycles. The number of hydrogen-bond donors (Lipinski definition) is 2. The number of rotatable bonds is 8. The van der Waals surface area contributed by atoms with Gasteiger partial charge in [-0.1, -0.05) is 6.07 Å². The van der Waals surface area contributed by atoms with Crippen LogP contribution in [0.4, 0.5) is 5.69 Å². The predicted molar refractivity (Wildman–Crippen MR) is 100 cm³/mol. The van der Waals surface area contributed by atoms with E-state index >= 15 is 0 Å². The maximum absolute atomic E-state index is 11.4. The maximum Gasteiger partial charge on any atom is 0.311 e. The Morgan fingerprint density at radius 2 is 2.11 bits per heavy atom. The number of nitro groups is 1. The molecule has 0 saturated carbocycles. The topological polar surface area (TPSA) is 128 Å². The molecule has 146 valence electrons. The van der Waals surface area contributed by atoms with Gasteiger partial charge < -0.3 is 9.15 Å². The summed E-state index contributed by atoms with van der Waals surface area (Å²) in [5, 5.41) is 19.9. The van der Waals surface area contributed by atoms with Gasteiger partial charge in [0.05, 0.1) is 11.5 Å². The lowest BCUT2D eigenvalue weighted by Gasteiger charge is -2.07. The van der Waals surface area contributed by atoms with Gasteiger partial charge in [0.25, 0.3) is 0 Å². The first kappa shape index (κ1) is 19.3. The fourth-order valence-electron chi connectivity index (χ4n) is 2.70. The van der Waals surface area contributed by atoms with Crippen LogP contribution in [0.15, 0.2) is 40.8 Å². The summed E-state index contributed by atoms with van der Waals surface area (Å²) in [4.78, 5) is 26.2. The zero-order valence-corrected chi connectivity index (χ0v) is 15.2. The number of amides is 1. The van der Waals surface area contributed by atoms with Crippen LogP contribution in [-0.2, 0) is 4.79 Å². The second-order valence-electron chi connectivity index (χ2n) is 6.27. The molecule has 1 amide bonds. The second kappa shape index (κ2) is 8.49. The van der Waals surface area contributed by atoms with Crippen molar-refractivity contribution in [2.75, 3.05) is 6.61 Å². The zero-order chi connectivity index (χ0) is 20.1. The molecule has 0 saturated heterocycles. The summed E-state index contributed by atoms with van der Waals surface area (Å²) < 4.78 is 11.2. The van der Waals surface area contributed by atoms with Gasteiger partial charge in [0, 0.05) is 18.1 Å². The minimum Gasteiger partial charge on any atom is -0.487 e. The molecule has 0 spiro atoms. The number of benzene rings is 2. The summed E-state index contributed by atoms with van der Waals surface area (Å²) >= 11 is 0. The number of ether oxygens (including phenoxy) is 1. The van der Waals surface area contributed by atoms with Gasteiger partial charge in [0.2, 0.25) is 11.8 Å². The average molecular weight is 385 g/mol. The predicted octanol–water partition coefficient (Wildman–Crippen LogP) is 3.77. The van der Waals surface area contributed by atoms with E-state index in [2.05, 4.69) is 4.98 Å². The van der Waals surface area contributed by atoms with Crippen molar-refractivity contribution < 1.29 is 24.1 Å². The Morgan fingerprint density at radius 3 is 2.86 bits per heavy atom. The summed E-state index contributed by atoms with van der Waals surface area (Å²) in [7, 11) is 0. The van der Waals surface area contributed by atoms with Gasteiger partial charge >= 0.3 is 5.69 Å². The molecular weight excluding hydrogens is 366 g/mol. The number of carbonyl (C=O) groups is 1. The van der Waals surface area contributed by atoms with Crippen molar-refractivity contribution >= 4 is 22.7 Å². The molecule has 3 aromatic rings. The quantitative estimate of drug-likeness (QED) is 0.261. The first-order chi connectivity index (χ1) is 13.5. The highest BCUT2D eigenvalue weighted by molar-refractivity contribution is 5.77. The van der Waals surface area contributed by atoms with Crippen LogP contribution in [0, 0.1) is 17.0 Å². The van der Waals surface area contributed by atoms with Crippen molar-refractivity contribution in [3.63, 3.8) is 0 Å². The number of oxazole rings is 1. The van der Waals surface area contributed by atoms with E-state index in [0.29, 0.717) is 35.4 Å². The average Bonchev–Trinajstić information content (AvgIpc) is 3.10. The maximum atomic E-state index is 11.4. The monoisotopic (exact) mass is 385 g/mol. The molecule has 0 aliphatic heterocycles. The van der Waals surface area contributed by atoms with Crippen molar-refractivity contribution in [2.24, 2.45) is 0 Å². The van der Waals surface area contributed by atoms with E-state index in [9.17, 15) is 14.9 Å². The molecule has 2 N–H and O–H groups in total. The van der Waals surface area contributed by atoms with Crippen LogP contribution in [0.1, 0.15) is 24.8 Å². The minimum absolute atomic E-state index is 0.132. The number of carbonyl (C=O) groups excluding carboxylic acids is 1. The summed E-state index contributed by atoms with van der Waals surface area (Å²) in [6.45, 7) is 2.15. The third kappa shape index (κ3) is 4.44. The second-order valence-corrected chi connectivity index (χ2v) is 6.27. The van der Waals surface area contributed by atoms with Crippen molar-refractivity contribution in [1.82, 2.24) is 10.5 Å². The fourth-order valence-corrected chi connectivity index (χ4v) is 2.70. The fraction of sp³-hybridized carbons (Fsp3) is 0.263. The molecule has 0 unspecified atom stereocenters. The SMILES string of the molecule is Cc1ccc2nc(-c3ccc(OCCCCC(=O)NO)c([N+](=O)[O-])c3)oc2c1. The molecule has 1 aromatic heterocycles. The highest BCUT2D eigenvalue weighted by atomic mass is 16.6. The first-order valence-corrected chi connectivity index (χ1v) is 8.69. The third-order valence-electron chi connectivity index (χ3n) is 4.13. The number of hydroxylamine groups is 1. The van der Waals surface area contributed by atoms with Gasteiger partial charge in [0.1, 0.15) is 5.52 Å². The minimum atomic E-state index is -0.523. The Morgan fingerprint density at radius 1 is 1.29 bits per heavy atom. The van der Waals surface area contributed by atoms with Crippen molar-refractivity contribution in [2.45, 2.75) is 26.2 Å². The van der Waals surface area contributed by atoms with Crippen molar-refractivity contribution in [3.05, 3.63) is 52.1 Å². The van der Waals surface area contributed by atoms with Crippen LogP contribution in [0.5, 0.6) is 5.75 Å². The normalized spacial score (nSPS) is 10.8. The molecule has 28 heavy (non-hydrogen) atoms. The molecule has 1 heterocycles. The molecule has 0 radical (unpaired) electrons. The Balaban J connectivity index is 1.75. The van der Waals surface area contributed by atoms with Gasteiger partial charge in [-0.25, -0.2) is 10.5 Å². The van der Waals surface area contributed by atoms with Crippen molar-refractivity contribution in [1.29, 1.82) is 0 Å².